The third-order valence-electron chi connectivity index (χ3n) is 3.76. The summed E-state index contributed by atoms with van der Waals surface area (Å²) in [5.41, 5.74) is 1.41. The molecule has 2 atom stereocenters. The van der Waals surface area contributed by atoms with E-state index in [1.165, 1.54) is 37.7 Å². The molecule has 0 saturated heterocycles. The van der Waals surface area contributed by atoms with Crippen molar-refractivity contribution in [2.75, 3.05) is 6.54 Å². The topological polar surface area (TPSA) is 12.0 Å². The minimum absolute atomic E-state index is 0.626. The summed E-state index contributed by atoms with van der Waals surface area (Å²) >= 11 is 6.11. The Hall–Kier alpha value is -0.530. The van der Waals surface area contributed by atoms with Crippen molar-refractivity contribution >= 4 is 11.6 Å². The Kier molecular flexibility index (Phi) is 4.87. The van der Waals surface area contributed by atoms with Crippen molar-refractivity contribution in [3.05, 3.63) is 34.9 Å². The molecule has 1 aromatic carbocycles. The normalized spacial score (nSPS) is 25.5. The lowest BCUT2D eigenvalue weighted by Crippen LogP contribution is -2.34. The van der Waals surface area contributed by atoms with Gasteiger partial charge in [-0.15, -0.1) is 0 Å². The van der Waals surface area contributed by atoms with Gasteiger partial charge in [-0.2, -0.15) is 0 Å². The van der Waals surface area contributed by atoms with Crippen LogP contribution >= 0.6 is 11.6 Å². The maximum Gasteiger partial charge on any atom is 0.0408 e. The van der Waals surface area contributed by atoms with Crippen molar-refractivity contribution in [3.63, 3.8) is 0 Å². The van der Waals surface area contributed by atoms with Crippen LogP contribution in [0.2, 0.25) is 5.02 Å². The van der Waals surface area contributed by atoms with E-state index in [9.17, 15) is 0 Å². The van der Waals surface area contributed by atoms with Gasteiger partial charge in [0.1, 0.15) is 0 Å². The number of hydrogen-bond acceptors (Lipinski definition) is 1. The van der Waals surface area contributed by atoms with Crippen LogP contribution in [0.4, 0.5) is 0 Å². The van der Waals surface area contributed by atoms with Crippen LogP contribution in [0.1, 0.15) is 50.5 Å². The van der Waals surface area contributed by atoms with Crippen LogP contribution in [0, 0.1) is 0 Å². The van der Waals surface area contributed by atoms with Crippen molar-refractivity contribution in [3.8, 4) is 0 Å². The Morgan fingerprint density at radius 2 is 2.06 bits per heavy atom. The first-order valence-electron chi connectivity index (χ1n) is 6.80. The van der Waals surface area contributed by atoms with Gasteiger partial charge in [0.2, 0.25) is 0 Å². The van der Waals surface area contributed by atoms with E-state index < -0.39 is 0 Å². The van der Waals surface area contributed by atoms with Crippen molar-refractivity contribution in [2.45, 2.75) is 51.0 Å². The molecule has 1 nitrogen and oxygen atoms in total. The summed E-state index contributed by atoms with van der Waals surface area (Å²) < 4.78 is 0. The first-order chi connectivity index (χ1) is 8.31. The molecule has 1 N–H and O–H groups in total. The van der Waals surface area contributed by atoms with E-state index in [2.05, 4.69) is 30.4 Å². The summed E-state index contributed by atoms with van der Waals surface area (Å²) in [7, 11) is 0. The Morgan fingerprint density at radius 1 is 1.24 bits per heavy atom. The number of hydrogen-bond donors (Lipinski definition) is 1. The average Bonchev–Trinajstić information content (AvgIpc) is 2.55. The number of likely N-dealkylation sites (N-methyl/N-ethyl adjacent to an activating group) is 1. The van der Waals surface area contributed by atoms with E-state index in [-0.39, 0.29) is 0 Å². The predicted octanol–water partition coefficient (Wildman–Crippen LogP) is 4.37. The molecule has 0 amide bonds. The van der Waals surface area contributed by atoms with E-state index in [1.54, 1.807) is 0 Å². The second-order valence-electron chi connectivity index (χ2n) is 4.96. The number of nitrogens with one attached hydrogen (secondary N) is 1. The Morgan fingerprint density at radius 3 is 2.82 bits per heavy atom. The van der Waals surface area contributed by atoms with Crippen molar-refractivity contribution in [1.82, 2.24) is 5.32 Å². The lowest BCUT2D eigenvalue weighted by atomic mass is 9.87. The highest BCUT2D eigenvalue weighted by Crippen LogP contribution is 2.33. The Labute approximate surface area is 110 Å². The van der Waals surface area contributed by atoms with Crippen LogP contribution in [0.25, 0.3) is 0 Å². The number of rotatable bonds is 3. The summed E-state index contributed by atoms with van der Waals surface area (Å²) in [6.45, 7) is 3.25. The molecule has 1 aliphatic rings. The standard InChI is InChI=1S/C15H22ClN/c1-2-17-15-10-5-3-4-9-14(15)12-7-6-8-13(16)11-12/h6-8,11,14-15,17H,2-5,9-10H2,1H3. The second kappa shape index (κ2) is 6.42. The monoisotopic (exact) mass is 251 g/mol. The van der Waals surface area contributed by atoms with Gasteiger partial charge < -0.3 is 5.32 Å². The number of benzene rings is 1. The molecule has 17 heavy (non-hydrogen) atoms. The first kappa shape index (κ1) is 12.9. The molecule has 0 bridgehead atoms. The van der Waals surface area contributed by atoms with Crippen LogP contribution in [0.15, 0.2) is 24.3 Å². The minimum Gasteiger partial charge on any atom is -0.314 e. The molecule has 1 fully saturated rings. The molecule has 0 radical (unpaired) electrons. The van der Waals surface area contributed by atoms with Gasteiger partial charge in [-0.25, -0.2) is 0 Å². The molecular formula is C15H22ClN. The lowest BCUT2D eigenvalue weighted by Gasteiger charge is -2.26. The maximum absolute atomic E-state index is 6.11. The van der Waals surface area contributed by atoms with Gasteiger partial charge in [-0.1, -0.05) is 49.9 Å². The molecule has 0 aliphatic heterocycles. The zero-order valence-electron chi connectivity index (χ0n) is 10.6. The summed E-state index contributed by atoms with van der Waals surface area (Å²) in [5.74, 6) is 0.635. The summed E-state index contributed by atoms with van der Waals surface area (Å²) in [6.07, 6.45) is 6.66. The smallest absolute Gasteiger partial charge is 0.0408 e. The fourth-order valence-corrected chi connectivity index (χ4v) is 3.15. The molecule has 2 unspecified atom stereocenters. The Balaban J connectivity index is 2.19. The van der Waals surface area contributed by atoms with Gasteiger partial charge >= 0.3 is 0 Å². The predicted molar refractivity (Wildman–Crippen MR) is 74.7 cm³/mol. The van der Waals surface area contributed by atoms with Gasteiger partial charge in [0.05, 0.1) is 0 Å². The average molecular weight is 252 g/mol. The Bertz CT molecular complexity index is 351. The van der Waals surface area contributed by atoms with E-state index in [0.29, 0.717) is 12.0 Å². The molecule has 0 aromatic heterocycles. The zero-order chi connectivity index (χ0) is 12.1. The maximum atomic E-state index is 6.11. The fourth-order valence-electron chi connectivity index (χ4n) is 2.95. The summed E-state index contributed by atoms with van der Waals surface area (Å²) in [4.78, 5) is 0. The second-order valence-corrected chi connectivity index (χ2v) is 5.40. The first-order valence-corrected chi connectivity index (χ1v) is 7.18. The highest BCUT2D eigenvalue weighted by molar-refractivity contribution is 6.30. The lowest BCUT2D eigenvalue weighted by molar-refractivity contribution is 0.419. The SMILES string of the molecule is CCNC1CCCCCC1c1cccc(Cl)c1. The van der Waals surface area contributed by atoms with E-state index in [0.717, 1.165) is 11.6 Å². The third kappa shape index (κ3) is 3.46. The van der Waals surface area contributed by atoms with Gasteiger partial charge in [-0.3, -0.25) is 0 Å². The largest absolute Gasteiger partial charge is 0.314 e. The van der Waals surface area contributed by atoms with Gasteiger partial charge in [0.15, 0.2) is 0 Å². The van der Waals surface area contributed by atoms with Crippen LogP contribution < -0.4 is 5.32 Å². The van der Waals surface area contributed by atoms with Crippen molar-refractivity contribution in [2.24, 2.45) is 0 Å². The summed E-state index contributed by atoms with van der Waals surface area (Å²) in [6, 6.07) is 9.03. The zero-order valence-corrected chi connectivity index (χ0v) is 11.3. The van der Waals surface area contributed by atoms with Crippen molar-refractivity contribution < 1.29 is 0 Å². The quantitative estimate of drug-likeness (QED) is 0.787. The van der Waals surface area contributed by atoms with Gasteiger partial charge in [0, 0.05) is 11.1 Å². The van der Waals surface area contributed by atoms with Crippen LogP contribution in [-0.4, -0.2) is 12.6 Å². The third-order valence-corrected chi connectivity index (χ3v) is 3.99. The highest BCUT2D eigenvalue weighted by atomic mass is 35.5. The summed E-state index contributed by atoms with van der Waals surface area (Å²) in [5, 5.41) is 4.51. The molecule has 2 heteroatoms. The molecular weight excluding hydrogens is 230 g/mol. The molecule has 0 heterocycles. The molecule has 1 saturated carbocycles. The molecule has 0 spiro atoms. The molecule has 94 valence electrons. The number of halogens is 1. The van der Waals surface area contributed by atoms with E-state index in [4.69, 9.17) is 11.6 Å². The van der Waals surface area contributed by atoms with Gasteiger partial charge in [-0.05, 0) is 43.0 Å². The fraction of sp³-hybridized carbons (Fsp3) is 0.600. The van der Waals surface area contributed by atoms with E-state index in [1.807, 2.05) is 6.07 Å². The molecule has 1 aliphatic carbocycles. The van der Waals surface area contributed by atoms with Crippen LogP contribution in [0.3, 0.4) is 0 Å². The molecule has 2 rings (SSSR count). The van der Waals surface area contributed by atoms with Crippen molar-refractivity contribution in [1.29, 1.82) is 0 Å². The highest BCUT2D eigenvalue weighted by Gasteiger charge is 2.24. The minimum atomic E-state index is 0.626. The molecule has 1 aromatic rings. The van der Waals surface area contributed by atoms with Crippen LogP contribution in [-0.2, 0) is 0 Å². The van der Waals surface area contributed by atoms with E-state index >= 15 is 0 Å². The van der Waals surface area contributed by atoms with Gasteiger partial charge in [0.25, 0.3) is 0 Å². The van der Waals surface area contributed by atoms with Crippen LogP contribution in [0.5, 0.6) is 0 Å².